The molecule has 1 aromatic rings. The highest BCUT2D eigenvalue weighted by molar-refractivity contribution is 5.40. The molecule has 0 aliphatic carbocycles. The summed E-state index contributed by atoms with van der Waals surface area (Å²) in [7, 11) is 3.87. The van der Waals surface area contributed by atoms with E-state index in [2.05, 4.69) is 22.2 Å². The van der Waals surface area contributed by atoms with E-state index in [0.29, 0.717) is 12.0 Å². The Kier molecular flexibility index (Phi) is 3.78. The van der Waals surface area contributed by atoms with Crippen molar-refractivity contribution in [3.8, 4) is 0 Å². The molecule has 0 amide bonds. The first-order chi connectivity index (χ1) is 8.16. The summed E-state index contributed by atoms with van der Waals surface area (Å²) < 4.78 is 5.53. The summed E-state index contributed by atoms with van der Waals surface area (Å²) in [6, 6.07) is 1.90. The molecular weight excluding hydrogens is 216 g/mol. The zero-order chi connectivity index (χ0) is 12.3. The van der Waals surface area contributed by atoms with Crippen molar-refractivity contribution >= 4 is 11.8 Å². The number of nitrogens with one attached hydrogen (secondary N) is 1. The summed E-state index contributed by atoms with van der Waals surface area (Å²) in [6.07, 6.45) is 3.25. The van der Waals surface area contributed by atoms with Crippen LogP contribution in [0.15, 0.2) is 12.3 Å². The van der Waals surface area contributed by atoms with Crippen molar-refractivity contribution < 1.29 is 4.74 Å². The lowest BCUT2D eigenvalue weighted by molar-refractivity contribution is 0.108. The van der Waals surface area contributed by atoms with Gasteiger partial charge in [0.05, 0.1) is 6.10 Å². The second-order valence-electron chi connectivity index (χ2n) is 4.64. The minimum absolute atomic E-state index is 0.345. The average molecular weight is 236 g/mol. The summed E-state index contributed by atoms with van der Waals surface area (Å²) in [5.41, 5.74) is 0. The highest BCUT2D eigenvalue weighted by Gasteiger charge is 2.23. The van der Waals surface area contributed by atoms with E-state index < -0.39 is 0 Å². The van der Waals surface area contributed by atoms with Crippen molar-refractivity contribution in [2.75, 3.05) is 37.5 Å². The molecule has 1 fully saturated rings. The normalized spacial score (nSPS) is 23.7. The van der Waals surface area contributed by atoms with Crippen LogP contribution in [0.25, 0.3) is 0 Å². The van der Waals surface area contributed by atoms with Crippen molar-refractivity contribution in [3.05, 3.63) is 12.3 Å². The number of nitrogens with zero attached hydrogens (tertiary/aromatic N) is 3. The van der Waals surface area contributed by atoms with Crippen LogP contribution in [-0.2, 0) is 4.74 Å². The molecule has 1 saturated heterocycles. The minimum atomic E-state index is 0.345. The van der Waals surface area contributed by atoms with Crippen LogP contribution in [-0.4, -0.2) is 43.3 Å². The fourth-order valence-electron chi connectivity index (χ4n) is 1.94. The van der Waals surface area contributed by atoms with Gasteiger partial charge in [-0.05, 0) is 19.4 Å². The van der Waals surface area contributed by atoms with Crippen molar-refractivity contribution in [1.82, 2.24) is 9.97 Å². The molecule has 17 heavy (non-hydrogen) atoms. The summed E-state index contributed by atoms with van der Waals surface area (Å²) in [5, 5.41) is 3.35. The second kappa shape index (κ2) is 5.31. The first-order valence-corrected chi connectivity index (χ1v) is 6.02. The lowest BCUT2D eigenvalue weighted by Gasteiger charge is -2.16. The maximum absolute atomic E-state index is 5.53. The van der Waals surface area contributed by atoms with Gasteiger partial charge in [-0.1, -0.05) is 0 Å². The third kappa shape index (κ3) is 3.06. The highest BCUT2D eigenvalue weighted by Crippen LogP contribution is 2.20. The number of aromatic nitrogens is 2. The number of rotatable bonds is 4. The predicted molar refractivity (Wildman–Crippen MR) is 68.4 cm³/mol. The molecule has 0 bridgehead atoms. The van der Waals surface area contributed by atoms with E-state index in [0.717, 1.165) is 31.3 Å². The quantitative estimate of drug-likeness (QED) is 0.856. The largest absolute Gasteiger partial charge is 0.378 e. The van der Waals surface area contributed by atoms with Crippen LogP contribution < -0.4 is 10.2 Å². The van der Waals surface area contributed by atoms with Gasteiger partial charge in [-0.3, -0.25) is 0 Å². The predicted octanol–water partition coefficient (Wildman–Crippen LogP) is 1.38. The Bertz CT molecular complexity index is 369. The number of anilines is 2. The van der Waals surface area contributed by atoms with Gasteiger partial charge < -0.3 is 15.0 Å². The molecule has 5 nitrogen and oxygen atoms in total. The topological polar surface area (TPSA) is 50.3 Å². The van der Waals surface area contributed by atoms with Crippen LogP contribution in [0.2, 0.25) is 0 Å². The molecule has 5 heteroatoms. The van der Waals surface area contributed by atoms with Crippen molar-refractivity contribution in [3.63, 3.8) is 0 Å². The minimum Gasteiger partial charge on any atom is -0.378 e. The Balaban J connectivity index is 1.92. The van der Waals surface area contributed by atoms with Gasteiger partial charge >= 0.3 is 0 Å². The van der Waals surface area contributed by atoms with E-state index in [1.807, 2.05) is 25.1 Å². The monoisotopic (exact) mass is 236 g/mol. The molecule has 0 spiro atoms. The molecule has 1 aliphatic rings. The lowest BCUT2D eigenvalue weighted by Crippen LogP contribution is -2.21. The molecule has 94 valence electrons. The van der Waals surface area contributed by atoms with Gasteiger partial charge in [0.15, 0.2) is 0 Å². The summed E-state index contributed by atoms with van der Waals surface area (Å²) in [6.45, 7) is 3.91. The number of ether oxygens (including phenoxy) is 1. The Morgan fingerprint density at radius 2 is 2.35 bits per heavy atom. The molecule has 0 radical (unpaired) electrons. The molecular formula is C12H20N4O. The summed E-state index contributed by atoms with van der Waals surface area (Å²) in [5.74, 6) is 2.18. The van der Waals surface area contributed by atoms with Gasteiger partial charge in [0.25, 0.3) is 0 Å². The number of hydrogen-bond acceptors (Lipinski definition) is 5. The Hall–Kier alpha value is -1.36. The van der Waals surface area contributed by atoms with Crippen LogP contribution >= 0.6 is 0 Å². The van der Waals surface area contributed by atoms with Gasteiger partial charge in [-0.2, -0.15) is 4.98 Å². The molecule has 2 heterocycles. The van der Waals surface area contributed by atoms with E-state index in [1.165, 1.54) is 0 Å². The fourth-order valence-corrected chi connectivity index (χ4v) is 1.94. The SMILES string of the molecule is CC1OCCC1CNc1ccnc(N(C)C)n1. The van der Waals surface area contributed by atoms with Crippen LogP contribution in [0.4, 0.5) is 11.8 Å². The van der Waals surface area contributed by atoms with E-state index in [4.69, 9.17) is 4.74 Å². The van der Waals surface area contributed by atoms with Gasteiger partial charge in [0.2, 0.25) is 5.95 Å². The smallest absolute Gasteiger partial charge is 0.226 e. The van der Waals surface area contributed by atoms with Crippen LogP contribution in [0.5, 0.6) is 0 Å². The van der Waals surface area contributed by atoms with Gasteiger partial charge in [0, 0.05) is 39.4 Å². The maximum atomic E-state index is 5.53. The van der Waals surface area contributed by atoms with Crippen molar-refractivity contribution in [2.24, 2.45) is 5.92 Å². The molecule has 1 N–H and O–H groups in total. The zero-order valence-corrected chi connectivity index (χ0v) is 10.7. The molecule has 2 rings (SSSR count). The lowest BCUT2D eigenvalue weighted by atomic mass is 10.0. The Morgan fingerprint density at radius 3 is 3.00 bits per heavy atom. The first kappa shape index (κ1) is 12.1. The maximum Gasteiger partial charge on any atom is 0.226 e. The second-order valence-corrected chi connectivity index (χ2v) is 4.64. The van der Waals surface area contributed by atoms with Crippen molar-refractivity contribution in [2.45, 2.75) is 19.4 Å². The third-order valence-corrected chi connectivity index (χ3v) is 3.12. The molecule has 0 saturated carbocycles. The van der Waals surface area contributed by atoms with E-state index in [9.17, 15) is 0 Å². The third-order valence-electron chi connectivity index (χ3n) is 3.12. The summed E-state index contributed by atoms with van der Waals surface area (Å²) in [4.78, 5) is 10.5. The fraction of sp³-hybridized carbons (Fsp3) is 0.667. The van der Waals surface area contributed by atoms with Crippen molar-refractivity contribution in [1.29, 1.82) is 0 Å². The molecule has 2 atom stereocenters. The molecule has 0 aromatic carbocycles. The van der Waals surface area contributed by atoms with E-state index in [-0.39, 0.29) is 0 Å². The highest BCUT2D eigenvalue weighted by atomic mass is 16.5. The summed E-state index contributed by atoms with van der Waals surface area (Å²) >= 11 is 0. The molecule has 2 unspecified atom stereocenters. The zero-order valence-electron chi connectivity index (χ0n) is 10.7. The van der Waals surface area contributed by atoms with E-state index in [1.54, 1.807) is 6.20 Å². The van der Waals surface area contributed by atoms with Crippen LogP contribution in [0.1, 0.15) is 13.3 Å². The Labute approximate surface area is 102 Å². The molecule has 1 aromatic heterocycles. The van der Waals surface area contributed by atoms with Gasteiger partial charge in [-0.25, -0.2) is 4.98 Å². The molecule has 1 aliphatic heterocycles. The Morgan fingerprint density at radius 1 is 1.53 bits per heavy atom. The number of hydrogen-bond donors (Lipinski definition) is 1. The standard InChI is InChI=1S/C12H20N4O/c1-9-10(5-7-17-9)8-14-11-4-6-13-12(15-11)16(2)3/h4,6,9-10H,5,7-8H2,1-3H3,(H,13,14,15). The van der Waals surface area contributed by atoms with Gasteiger partial charge in [0.1, 0.15) is 5.82 Å². The van der Waals surface area contributed by atoms with Crippen LogP contribution in [0, 0.1) is 5.92 Å². The average Bonchev–Trinajstić information content (AvgIpc) is 2.72. The first-order valence-electron chi connectivity index (χ1n) is 6.02. The van der Waals surface area contributed by atoms with E-state index >= 15 is 0 Å². The van der Waals surface area contributed by atoms with Crippen LogP contribution in [0.3, 0.4) is 0 Å². The van der Waals surface area contributed by atoms with Gasteiger partial charge in [-0.15, -0.1) is 0 Å².